The molecule has 0 aliphatic carbocycles. The molecule has 5 nitrogen and oxygen atoms in total. The van der Waals surface area contributed by atoms with Crippen molar-refractivity contribution < 1.29 is 14.4 Å². The average Bonchev–Trinajstić information content (AvgIpc) is 2.79. The number of aromatic nitrogens is 1. The van der Waals surface area contributed by atoms with Crippen molar-refractivity contribution in [2.75, 3.05) is 5.73 Å². The van der Waals surface area contributed by atoms with Crippen LogP contribution in [0.25, 0.3) is 0 Å². The number of carboxylic acids is 1. The van der Waals surface area contributed by atoms with E-state index in [2.05, 4.69) is 21.1 Å². The number of hydrogen-bond acceptors (Lipinski definition) is 5. The van der Waals surface area contributed by atoms with Crippen molar-refractivity contribution in [3.8, 4) is 0 Å². The van der Waals surface area contributed by atoms with Crippen LogP contribution < -0.4 is 5.73 Å². The van der Waals surface area contributed by atoms with E-state index in [1.165, 1.54) is 17.8 Å². The molecule has 1 aromatic carbocycles. The van der Waals surface area contributed by atoms with E-state index in [1.54, 1.807) is 6.07 Å². The summed E-state index contributed by atoms with van der Waals surface area (Å²) < 4.78 is 5.85. The fraction of sp³-hybridized carbons (Fsp3) is 0.0909. The lowest BCUT2D eigenvalue weighted by Gasteiger charge is -2.03. The number of benzene rings is 1. The molecule has 1 heterocycles. The van der Waals surface area contributed by atoms with E-state index >= 15 is 0 Å². The van der Waals surface area contributed by atoms with Gasteiger partial charge in [0.05, 0.1) is 5.75 Å². The fourth-order valence-corrected chi connectivity index (χ4v) is 2.66. The first-order chi connectivity index (χ1) is 8.56. The van der Waals surface area contributed by atoms with Gasteiger partial charge in [-0.3, -0.25) is 0 Å². The van der Waals surface area contributed by atoms with Crippen LogP contribution in [0.15, 0.2) is 38.2 Å². The lowest BCUT2D eigenvalue weighted by Crippen LogP contribution is -1.94. The number of nitrogens with zero attached hydrogens (tertiary/aromatic N) is 1. The predicted octanol–water partition coefficient (Wildman–Crippen LogP) is 3.01. The Kier molecular flexibility index (Phi) is 3.93. The molecule has 0 bridgehead atoms. The van der Waals surface area contributed by atoms with E-state index in [0.717, 1.165) is 9.37 Å². The first-order valence-corrected chi connectivity index (χ1v) is 6.71. The van der Waals surface area contributed by atoms with Crippen LogP contribution in [-0.2, 0) is 5.75 Å². The van der Waals surface area contributed by atoms with Crippen molar-refractivity contribution in [2.45, 2.75) is 10.6 Å². The smallest absolute Gasteiger partial charge is 0.358 e. The fourth-order valence-electron chi connectivity index (χ4n) is 1.26. The number of aromatic carboxylic acids is 1. The number of rotatable bonds is 4. The molecule has 7 heteroatoms. The summed E-state index contributed by atoms with van der Waals surface area (Å²) in [5.41, 5.74) is 6.40. The highest BCUT2D eigenvalue weighted by Gasteiger charge is 2.11. The van der Waals surface area contributed by atoms with Gasteiger partial charge in [0.15, 0.2) is 5.69 Å². The van der Waals surface area contributed by atoms with Crippen LogP contribution in [0.2, 0.25) is 0 Å². The summed E-state index contributed by atoms with van der Waals surface area (Å²) in [6, 6.07) is 6.96. The zero-order valence-corrected chi connectivity index (χ0v) is 11.5. The summed E-state index contributed by atoms with van der Waals surface area (Å²) in [5, 5.41) is 12.1. The van der Waals surface area contributed by atoms with Gasteiger partial charge < -0.3 is 15.4 Å². The van der Waals surface area contributed by atoms with Gasteiger partial charge in [-0.2, -0.15) is 0 Å². The molecule has 0 unspecified atom stereocenters. The van der Waals surface area contributed by atoms with Gasteiger partial charge in [0.25, 0.3) is 0 Å². The largest absolute Gasteiger partial charge is 0.476 e. The maximum absolute atomic E-state index is 10.6. The van der Waals surface area contributed by atoms with Crippen LogP contribution >= 0.6 is 27.7 Å². The quantitative estimate of drug-likeness (QED) is 0.662. The Morgan fingerprint density at radius 3 is 2.94 bits per heavy atom. The number of carboxylic acid groups (broad SMARTS) is 1. The van der Waals surface area contributed by atoms with Crippen molar-refractivity contribution in [1.29, 1.82) is 0 Å². The Bertz CT molecular complexity index is 585. The third-order valence-electron chi connectivity index (χ3n) is 2.12. The van der Waals surface area contributed by atoms with Crippen LogP contribution in [0.1, 0.15) is 16.2 Å². The lowest BCUT2D eigenvalue weighted by molar-refractivity contribution is 0.0685. The van der Waals surface area contributed by atoms with Gasteiger partial charge in [0, 0.05) is 21.1 Å². The molecular weight excluding hydrogens is 320 g/mol. The maximum atomic E-state index is 10.6. The summed E-state index contributed by atoms with van der Waals surface area (Å²) >= 11 is 4.82. The highest BCUT2D eigenvalue weighted by atomic mass is 79.9. The van der Waals surface area contributed by atoms with Gasteiger partial charge in [-0.05, 0) is 18.2 Å². The number of nitrogens with two attached hydrogens (primary N) is 1. The molecule has 0 saturated carbocycles. The van der Waals surface area contributed by atoms with Crippen LogP contribution in [-0.4, -0.2) is 16.2 Å². The zero-order valence-electron chi connectivity index (χ0n) is 9.09. The predicted molar refractivity (Wildman–Crippen MR) is 71.6 cm³/mol. The molecule has 0 saturated heterocycles. The Hall–Kier alpha value is -1.47. The molecule has 0 radical (unpaired) electrons. The molecule has 2 aromatic rings. The normalized spacial score (nSPS) is 10.5. The molecule has 0 spiro atoms. The molecular formula is C11H9BrN2O3S. The summed E-state index contributed by atoms with van der Waals surface area (Å²) in [5.74, 6) is -0.130. The minimum atomic E-state index is -1.10. The molecule has 0 atom stereocenters. The second kappa shape index (κ2) is 5.45. The third kappa shape index (κ3) is 3.05. The number of carbonyl (C=O) groups is 1. The van der Waals surface area contributed by atoms with Crippen molar-refractivity contribution in [2.24, 2.45) is 0 Å². The number of hydrogen-bond donors (Lipinski definition) is 2. The van der Waals surface area contributed by atoms with Gasteiger partial charge in [-0.15, -0.1) is 11.8 Å². The number of thioether (sulfide) groups is 1. The van der Waals surface area contributed by atoms with E-state index < -0.39 is 5.97 Å². The number of halogens is 1. The van der Waals surface area contributed by atoms with Gasteiger partial charge in [-0.25, -0.2) is 4.79 Å². The number of nitrogen functional groups attached to an aromatic ring is 1. The second-order valence-electron chi connectivity index (χ2n) is 3.45. The highest BCUT2D eigenvalue weighted by molar-refractivity contribution is 9.10. The monoisotopic (exact) mass is 328 g/mol. The Morgan fingerprint density at radius 1 is 1.50 bits per heavy atom. The Balaban J connectivity index is 2.06. The zero-order chi connectivity index (χ0) is 13.1. The summed E-state index contributed by atoms with van der Waals surface area (Å²) in [7, 11) is 0. The molecule has 0 aliphatic heterocycles. The highest BCUT2D eigenvalue weighted by Crippen LogP contribution is 2.30. The van der Waals surface area contributed by atoms with Crippen molar-refractivity contribution in [3.63, 3.8) is 0 Å². The van der Waals surface area contributed by atoms with E-state index in [9.17, 15) is 4.79 Å². The van der Waals surface area contributed by atoms with Crippen LogP contribution in [0.3, 0.4) is 0 Å². The summed E-state index contributed by atoms with van der Waals surface area (Å²) in [4.78, 5) is 11.5. The average molecular weight is 329 g/mol. The second-order valence-corrected chi connectivity index (χ2v) is 5.39. The van der Waals surface area contributed by atoms with Crippen LogP contribution in [0, 0.1) is 0 Å². The van der Waals surface area contributed by atoms with Gasteiger partial charge >= 0.3 is 5.97 Å². The van der Waals surface area contributed by atoms with Crippen molar-refractivity contribution in [1.82, 2.24) is 5.16 Å². The molecule has 1 aromatic heterocycles. The van der Waals surface area contributed by atoms with Crippen LogP contribution in [0.5, 0.6) is 0 Å². The molecule has 3 N–H and O–H groups in total. The van der Waals surface area contributed by atoms with E-state index in [1.807, 2.05) is 12.1 Å². The molecule has 94 valence electrons. The van der Waals surface area contributed by atoms with Crippen molar-refractivity contribution in [3.05, 3.63) is 40.2 Å². The first kappa shape index (κ1) is 13.0. The lowest BCUT2D eigenvalue weighted by atomic mass is 10.3. The van der Waals surface area contributed by atoms with E-state index in [4.69, 9.17) is 15.4 Å². The number of anilines is 1. The molecule has 2 rings (SSSR count). The molecule has 0 amide bonds. The van der Waals surface area contributed by atoms with Crippen molar-refractivity contribution >= 4 is 39.3 Å². The molecule has 0 fully saturated rings. The third-order valence-corrected chi connectivity index (χ3v) is 3.71. The van der Waals surface area contributed by atoms with E-state index in [-0.39, 0.29) is 5.69 Å². The SMILES string of the molecule is Nc1ccc(Br)cc1SCc1cc(C(=O)O)no1. The maximum Gasteiger partial charge on any atom is 0.358 e. The van der Waals surface area contributed by atoms with Gasteiger partial charge in [0.2, 0.25) is 0 Å². The minimum Gasteiger partial charge on any atom is -0.476 e. The summed E-state index contributed by atoms with van der Waals surface area (Å²) in [6.45, 7) is 0. The standard InChI is InChI=1S/C11H9BrN2O3S/c12-6-1-2-8(13)10(3-6)18-5-7-4-9(11(15)16)14-17-7/h1-4H,5,13H2,(H,15,16). The van der Waals surface area contributed by atoms with E-state index in [0.29, 0.717) is 17.2 Å². The molecule has 18 heavy (non-hydrogen) atoms. The van der Waals surface area contributed by atoms with Gasteiger partial charge in [-0.1, -0.05) is 21.1 Å². The topological polar surface area (TPSA) is 89.4 Å². The Morgan fingerprint density at radius 2 is 2.28 bits per heavy atom. The minimum absolute atomic E-state index is 0.0900. The van der Waals surface area contributed by atoms with Crippen LogP contribution in [0.4, 0.5) is 5.69 Å². The molecule has 0 aliphatic rings. The summed E-state index contributed by atoms with van der Waals surface area (Å²) in [6.07, 6.45) is 0. The Labute approximate surface area is 115 Å². The van der Waals surface area contributed by atoms with Gasteiger partial charge in [0.1, 0.15) is 5.76 Å². The first-order valence-electron chi connectivity index (χ1n) is 4.93.